The van der Waals surface area contributed by atoms with Gasteiger partial charge in [0.15, 0.2) is 5.69 Å². The number of benzene rings is 1. The molecule has 2 aromatic rings. The van der Waals surface area contributed by atoms with Crippen molar-refractivity contribution in [2.75, 3.05) is 0 Å². The van der Waals surface area contributed by atoms with Crippen LogP contribution in [0.15, 0.2) is 18.2 Å². The number of carbonyl (C=O) groups is 1. The van der Waals surface area contributed by atoms with E-state index in [-0.39, 0.29) is 11.4 Å². The largest absolute Gasteiger partial charge is 0.508 e. The zero-order valence-electron chi connectivity index (χ0n) is 6.61. The Balaban J connectivity index is 2.76. The molecule has 0 aliphatic carbocycles. The van der Waals surface area contributed by atoms with Crippen LogP contribution in [0.3, 0.4) is 0 Å². The minimum Gasteiger partial charge on any atom is -0.508 e. The van der Waals surface area contributed by atoms with Crippen LogP contribution in [0.2, 0.25) is 0 Å². The van der Waals surface area contributed by atoms with Crippen molar-refractivity contribution in [3.63, 3.8) is 0 Å². The lowest BCUT2D eigenvalue weighted by Crippen LogP contribution is -2.11. The van der Waals surface area contributed by atoms with Crippen LogP contribution in [0.4, 0.5) is 0 Å². The highest BCUT2D eigenvalue weighted by Gasteiger charge is 2.10. The fourth-order valence-electron chi connectivity index (χ4n) is 1.20. The topological polar surface area (TPSA) is 92.0 Å². The summed E-state index contributed by atoms with van der Waals surface area (Å²) in [6, 6.07) is 4.55. The summed E-state index contributed by atoms with van der Waals surface area (Å²) < 4.78 is 0. The van der Waals surface area contributed by atoms with Crippen LogP contribution in [0.1, 0.15) is 10.5 Å². The first-order valence-electron chi connectivity index (χ1n) is 3.65. The molecule has 5 heteroatoms. The molecule has 0 radical (unpaired) electrons. The van der Waals surface area contributed by atoms with Gasteiger partial charge in [0.25, 0.3) is 5.91 Å². The zero-order chi connectivity index (χ0) is 9.42. The maximum atomic E-state index is 10.8. The van der Waals surface area contributed by atoms with E-state index in [1.807, 2.05) is 0 Å². The summed E-state index contributed by atoms with van der Waals surface area (Å²) in [6.07, 6.45) is 0. The van der Waals surface area contributed by atoms with Gasteiger partial charge >= 0.3 is 0 Å². The van der Waals surface area contributed by atoms with Gasteiger partial charge in [-0.2, -0.15) is 5.10 Å². The Morgan fingerprint density at radius 2 is 2.31 bits per heavy atom. The van der Waals surface area contributed by atoms with E-state index >= 15 is 0 Å². The third kappa shape index (κ3) is 1.10. The van der Waals surface area contributed by atoms with E-state index in [0.29, 0.717) is 10.9 Å². The van der Waals surface area contributed by atoms with Crippen LogP contribution >= 0.6 is 0 Å². The van der Waals surface area contributed by atoms with E-state index in [4.69, 9.17) is 10.8 Å². The molecule has 1 aromatic heterocycles. The van der Waals surface area contributed by atoms with E-state index in [9.17, 15) is 4.79 Å². The Kier molecular flexibility index (Phi) is 1.45. The van der Waals surface area contributed by atoms with Crippen LogP contribution in [-0.4, -0.2) is 21.2 Å². The first-order valence-corrected chi connectivity index (χ1v) is 3.65. The molecule has 13 heavy (non-hydrogen) atoms. The number of aromatic nitrogens is 2. The Labute approximate surface area is 73.2 Å². The van der Waals surface area contributed by atoms with Gasteiger partial charge < -0.3 is 10.8 Å². The number of hydrogen-bond donors (Lipinski definition) is 3. The minimum atomic E-state index is -0.586. The van der Waals surface area contributed by atoms with Crippen molar-refractivity contribution in [3.8, 4) is 5.75 Å². The van der Waals surface area contributed by atoms with Gasteiger partial charge in [-0.1, -0.05) is 0 Å². The SMILES string of the molecule is NC(=O)c1n[nH]c2cc(O)ccc12. The van der Waals surface area contributed by atoms with Gasteiger partial charge in [-0.25, -0.2) is 0 Å². The molecule has 1 heterocycles. The number of phenols is 1. The number of hydrogen-bond acceptors (Lipinski definition) is 3. The molecule has 4 N–H and O–H groups in total. The molecule has 0 unspecified atom stereocenters. The number of nitrogens with zero attached hydrogens (tertiary/aromatic N) is 1. The molecule has 0 saturated heterocycles. The van der Waals surface area contributed by atoms with E-state index in [1.54, 1.807) is 6.07 Å². The first kappa shape index (κ1) is 7.60. The van der Waals surface area contributed by atoms with Gasteiger partial charge in [0.05, 0.1) is 5.52 Å². The van der Waals surface area contributed by atoms with Crippen molar-refractivity contribution in [2.45, 2.75) is 0 Å². The number of nitrogens with two attached hydrogens (primary N) is 1. The normalized spacial score (nSPS) is 10.5. The molecule has 2 rings (SSSR count). The van der Waals surface area contributed by atoms with Crippen LogP contribution in [0.5, 0.6) is 5.75 Å². The van der Waals surface area contributed by atoms with E-state index in [0.717, 1.165) is 0 Å². The van der Waals surface area contributed by atoms with Gasteiger partial charge in [-0.15, -0.1) is 0 Å². The third-order valence-corrected chi connectivity index (χ3v) is 1.78. The summed E-state index contributed by atoms with van der Waals surface area (Å²) in [5, 5.41) is 16.1. The number of amides is 1. The van der Waals surface area contributed by atoms with Gasteiger partial charge in [0, 0.05) is 11.5 Å². The second kappa shape index (κ2) is 2.48. The van der Waals surface area contributed by atoms with Crippen LogP contribution in [-0.2, 0) is 0 Å². The highest BCUT2D eigenvalue weighted by molar-refractivity contribution is 6.04. The molecule has 0 bridgehead atoms. The second-order valence-corrected chi connectivity index (χ2v) is 2.67. The first-order chi connectivity index (χ1) is 6.18. The van der Waals surface area contributed by atoms with Crippen LogP contribution in [0, 0.1) is 0 Å². The molecule has 0 spiro atoms. The third-order valence-electron chi connectivity index (χ3n) is 1.78. The van der Waals surface area contributed by atoms with Gasteiger partial charge in [0.1, 0.15) is 5.75 Å². The molecule has 0 saturated carbocycles. The highest BCUT2D eigenvalue weighted by Crippen LogP contribution is 2.20. The fraction of sp³-hybridized carbons (Fsp3) is 0. The molecule has 1 amide bonds. The van der Waals surface area contributed by atoms with Gasteiger partial charge in [0.2, 0.25) is 0 Å². The Morgan fingerprint density at radius 3 is 3.00 bits per heavy atom. The van der Waals surface area contributed by atoms with E-state index in [1.165, 1.54) is 12.1 Å². The predicted molar refractivity (Wildman–Crippen MR) is 46.3 cm³/mol. The minimum absolute atomic E-state index is 0.118. The Morgan fingerprint density at radius 1 is 1.54 bits per heavy atom. The molecule has 0 aliphatic rings. The smallest absolute Gasteiger partial charge is 0.269 e. The molecule has 0 atom stereocenters. The van der Waals surface area contributed by atoms with Crippen molar-refractivity contribution in [2.24, 2.45) is 5.73 Å². The zero-order valence-corrected chi connectivity index (χ0v) is 6.61. The number of rotatable bonds is 1. The van der Waals surface area contributed by atoms with Crippen molar-refractivity contribution in [1.82, 2.24) is 10.2 Å². The molecular formula is C8H7N3O2. The lowest BCUT2D eigenvalue weighted by molar-refractivity contribution is 0.0997. The number of carbonyl (C=O) groups excluding carboxylic acids is 1. The molecular weight excluding hydrogens is 170 g/mol. The maximum Gasteiger partial charge on any atom is 0.269 e. The average Bonchev–Trinajstić information content (AvgIpc) is 2.46. The lowest BCUT2D eigenvalue weighted by atomic mass is 10.2. The van der Waals surface area contributed by atoms with E-state index in [2.05, 4.69) is 10.2 Å². The molecule has 5 nitrogen and oxygen atoms in total. The molecule has 0 aliphatic heterocycles. The quantitative estimate of drug-likeness (QED) is 0.587. The van der Waals surface area contributed by atoms with Gasteiger partial charge in [-0.3, -0.25) is 9.89 Å². The monoisotopic (exact) mass is 177 g/mol. The lowest BCUT2D eigenvalue weighted by Gasteiger charge is -1.91. The number of nitrogens with one attached hydrogen (secondary N) is 1. The fourth-order valence-corrected chi connectivity index (χ4v) is 1.20. The number of aromatic hydroxyl groups is 1. The second-order valence-electron chi connectivity index (χ2n) is 2.67. The summed E-state index contributed by atoms with van der Waals surface area (Å²) >= 11 is 0. The van der Waals surface area contributed by atoms with Crippen molar-refractivity contribution in [1.29, 1.82) is 0 Å². The predicted octanol–water partition coefficient (Wildman–Crippen LogP) is 0.367. The Bertz CT molecular complexity index is 475. The summed E-state index contributed by atoms with van der Waals surface area (Å²) in [6.45, 7) is 0. The number of fused-ring (bicyclic) bond motifs is 1. The number of phenolic OH excluding ortho intramolecular Hbond substituents is 1. The van der Waals surface area contributed by atoms with Crippen molar-refractivity contribution >= 4 is 16.8 Å². The highest BCUT2D eigenvalue weighted by atomic mass is 16.3. The Hall–Kier alpha value is -2.04. The number of aromatic amines is 1. The maximum absolute atomic E-state index is 10.8. The van der Waals surface area contributed by atoms with Gasteiger partial charge in [-0.05, 0) is 12.1 Å². The summed E-state index contributed by atoms with van der Waals surface area (Å²) in [5.41, 5.74) is 5.86. The van der Waals surface area contributed by atoms with Crippen LogP contribution in [0.25, 0.3) is 10.9 Å². The molecule has 66 valence electrons. The van der Waals surface area contributed by atoms with Crippen LogP contribution < -0.4 is 5.73 Å². The number of H-pyrrole nitrogens is 1. The standard InChI is InChI=1S/C8H7N3O2/c9-8(13)7-5-2-1-4(12)3-6(5)10-11-7/h1-3,12H,(H2,9,13)(H,10,11). The summed E-state index contributed by atoms with van der Waals surface area (Å²) in [4.78, 5) is 10.8. The van der Waals surface area contributed by atoms with Crippen molar-refractivity contribution < 1.29 is 9.90 Å². The summed E-state index contributed by atoms with van der Waals surface area (Å²) in [5.74, 6) is -0.468. The number of primary amides is 1. The molecule has 1 aromatic carbocycles. The van der Waals surface area contributed by atoms with E-state index < -0.39 is 5.91 Å². The van der Waals surface area contributed by atoms with Crippen molar-refractivity contribution in [3.05, 3.63) is 23.9 Å². The summed E-state index contributed by atoms with van der Waals surface area (Å²) in [7, 11) is 0. The molecule has 0 fully saturated rings. The average molecular weight is 177 g/mol.